The summed E-state index contributed by atoms with van der Waals surface area (Å²) in [5, 5.41) is 2.99. The van der Waals surface area contributed by atoms with Gasteiger partial charge in [0.25, 0.3) is 0 Å². The van der Waals surface area contributed by atoms with Gasteiger partial charge in [-0.1, -0.05) is 49.4 Å². The summed E-state index contributed by atoms with van der Waals surface area (Å²) in [6, 6.07) is 15.2. The normalized spacial score (nSPS) is 24.7. The fourth-order valence-electron chi connectivity index (χ4n) is 2.90. The second-order valence-electron chi connectivity index (χ2n) is 5.66. The molecule has 2 unspecified atom stereocenters. The van der Waals surface area contributed by atoms with Gasteiger partial charge < -0.3 is 0 Å². The molecule has 2 atom stereocenters. The van der Waals surface area contributed by atoms with Gasteiger partial charge >= 0.3 is 0 Å². The van der Waals surface area contributed by atoms with E-state index in [1.54, 1.807) is 0 Å². The van der Waals surface area contributed by atoms with Crippen LogP contribution in [0.15, 0.2) is 42.5 Å². The van der Waals surface area contributed by atoms with Gasteiger partial charge in [0, 0.05) is 18.5 Å². The Morgan fingerprint density at radius 2 is 1.95 bits per heavy atom. The molecule has 2 aromatic rings. The Kier molecular flexibility index (Phi) is 3.76. The molecule has 0 spiro atoms. The molecule has 0 aromatic heterocycles. The largest absolute Gasteiger partial charge is 0.298 e. The Morgan fingerprint density at radius 1 is 1.16 bits per heavy atom. The first kappa shape index (κ1) is 13.0. The Hall–Kier alpha value is -1.05. The first-order valence-corrected chi connectivity index (χ1v) is 7.51. The molecule has 1 nitrogen and oxygen atoms in total. The molecule has 0 bridgehead atoms. The van der Waals surface area contributed by atoms with Gasteiger partial charge in [-0.25, -0.2) is 0 Å². The van der Waals surface area contributed by atoms with Crippen molar-refractivity contribution in [3.8, 4) is 0 Å². The maximum atomic E-state index is 6.40. The Balaban J connectivity index is 1.82. The Bertz CT molecular complexity index is 561. The number of benzene rings is 2. The van der Waals surface area contributed by atoms with E-state index in [4.69, 9.17) is 11.6 Å². The predicted octanol–water partition coefficient (Wildman–Crippen LogP) is 4.29. The number of hydrogen-bond acceptors (Lipinski definition) is 1. The van der Waals surface area contributed by atoms with Crippen LogP contribution in [0.2, 0.25) is 0 Å². The van der Waals surface area contributed by atoms with Gasteiger partial charge in [0.1, 0.15) is 0 Å². The number of likely N-dealkylation sites (tertiary alicyclic amines) is 1. The standard InChI is InChI=1S/C17H20ClN/c1-13-9-10-19(12-17(13)18)11-15-7-4-6-14-5-2-3-8-16(14)15/h2-8,13,17H,9-12H2,1H3. The summed E-state index contributed by atoms with van der Waals surface area (Å²) in [6.45, 7) is 5.43. The Labute approximate surface area is 120 Å². The lowest BCUT2D eigenvalue weighted by Crippen LogP contribution is -2.39. The molecule has 2 aromatic carbocycles. The lowest BCUT2D eigenvalue weighted by molar-refractivity contribution is 0.190. The van der Waals surface area contributed by atoms with Crippen molar-refractivity contribution in [2.24, 2.45) is 5.92 Å². The SMILES string of the molecule is CC1CCN(Cc2cccc3ccccc23)CC1Cl. The van der Waals surface area contributed by atoms with Crippen LogP contribution in [0.25, 0.3) is 10.8 Å². The summed E-state index contributed by atoms with van der Waals surface area (Å²) in [7, 11) is 0. The molecule has 1 aliphatic heterocycles. The molecule has 0 amide bonds. The fraction of sp³-hybridized carbons (Fsp3) is 0.412. The molecule has 1 saturated heterocycles. The fourth-order valence-corrected chi connectivity index (χ4v) is 3.22. The van der Waals surface area contributed by atoms with E-state index in [9.17, 15) is 0 Å². The molecule has 0 N–H and O–H groups in total. The van der Waals surface area contributed by atoms with Crippen molar-refractivity contribution in [1.29, 1.82) is 0 Å². The van der Waals surface area contributed by atoms with Gasteiger partial charge in [-0.2, -0.15) is 0 Å². The first-order valence-electron chi connectivity index (χ1n) is 7.07. The van der Waals surface area contributed by atoms with Crippen LogP contribution >= 0.6 is 11.6 Å². The lowest BCUT2D eigenvalue weighted by atomic mass is 9.97. The number of halogens is 1. The minimum Gasteiger partial charge on any atom is -0.298 e. The molecule has 1 fully saturated rings. The number of rotatable bonds is 2. The van der Waals surface area contributed by atoms with E-state index in [0.717, 1.165) is 19.6 Å². The molecule has 0 radical (unpaired) electrons. The second-order valence-corrected chi connectivity index (χ2v) is 6.22. The number of alkyl halides is 1. The van der Waals surface area contributed by atoms with E-state index in [-0.39, 0.29) is 0 Å². The third-order valence-corrected chi connectivity index (χ3v) is 4.79. The van der Waals surface area contributed by atoms with Crippen LogP contribution in [-0.2, 0) is 6.54 Å². The predicted molar refractivity (Wildman–Crippen MR) is 82.6 cm³/mol. The summed E-state index contributed by atoms with van der Waals surface area (Å²) in [5.41, 5.74) is 1.41. The van der Waals surface area contributed by atoms with Crippen molar-refractivity contribution >= 4 is 22.4 Å². The highest BCUT2D eigenvalue weighted by Gasteiger charge is 2.24. The maximum absolute atomic E-state index is 6.40. The van der Waals surface area contributed by atoms with Crippen molar-refractivity contribution in [1.82, 2.24) is 4.90 Å². The topological polar surface area (TPSA) is 3.24 Å². The summed E-state index contributed by atoms with van der Waals surface area (Å²) in [6.07, 6.45) is 1.21. The van der Waals surface area contributed by atoms with E-state index in [2.05, 4.69) is 54.3 Å². The minimum absolute atomic E-state index is 0.295. The van der Waals surface area contributed by atoms with Crippen LogP contribution in [0.5, 0.6) is 0 Å². The van der Waals surface area contributed by atoms with Crippen LogP contribution in [0.3, 0.4) is 0 Å². The number of fused-ring (bicyclic) bond motifs is 1. The monoisotopic (exact) mass is 273 g/mol. The van der Waals surface area contributed by atoms with Crippen molar-refractivity contribution in [3.63, 3.8) is 0 Å². The zero-order valence-corrected chi connectivity index (χ0v) is 12.1. The zero-order valence-electron chi connectivity index (χ0n) is 11.3. The first-order chi connectivity index (χ1) is 9.24. The van der Waals surface area contributed by atoms with Crippen LogP contribution < -0.4 is 0 Å². The summed E-state index contributed by atoms with van der Waals surface area (Å²) in [4.78, 5) is 2.49. The quantitative estimate of drug-likeness (QED) is 0.738. The van der Waals surface area contributed by atoms with Crippen LogP contribution in [-0.4, -0.2) is 23.4 Å². The highest BCUT2D eigenvalue weighted by molar-refractivity contribution is 6.21. The van der Waals surface area contributed by atoms with Crippen molar-refractivity contribution in [2.75, 3.05) is 13.1 Å². The van der Waals surface area contributed by atoms with Crippen molar-refractivity contribution in [3.05, 3.63) is 48.0 Å². The molecule has 0 aliphatic carbocycles. The van der Waals surface area contributed by atoms with Crippen LogP contribution in [0.1, 0.15) is 18.9 Å². The average Bonchev–Trinajstić information content (AvgIpc) is 2.43. The zero-order chi connectivity index (χ0) is 13.2. The molecular weight excluding hydrogens is 254 g/mol. The van der Waals surface area contributed by atoms with Gasteiger partial charge in [0.2, 0.25) is 0 Å². The Morgan fingerprint density at radius 3 is 2.79 bits per heavy atom. The van der Waals surface area contributed by atoms with Gasteiger partial charge in [0.05, 0.1) is 0 Å². The van der Waals surface area contributed by atoms with Crippen LogP contribution in [0.4, 0.5) is 0 Å². The number of nitrogens with zero attached hydrogens (tertiary/aromatic N) is 1. The molecule has 19 heavy (non-hydrogen) atoms. The summed E-state index contributed by atoms with van der Waals surface area (Å²) >= 11 is 6.40. The lowest BCUT2D eigenvalue weighted by Gasteiger charge is -2.34. The average molecular weight is 274 g/mol. The molecule has 2 heteroatoms. The third kappa shape index (κ3) is 2.77. The minimum atomic E-state index is 0.295. The van der Waals surface area contributed by atoms with E-state index in [1.165, 1.54) is 22.8 Å². The third-order valence-electron chi connectivity index (χ3n) is 4.22. The van der Waals surface area contributed by atoms with Gasteiger partial charge in [-0.05, 0) is 35.2 Å². The molecule has 100 valence electrons. The molecule has 1 aliphatic rings. The second kappa shape index (κ2) is 5.52. The maximum Gasteiger partial charge on any atom is 0.0489 e. The smallest absolute Gasteiger partial charge is 0.0489 e. The van der Waals surface area contributed by atoms with E-state index in [1.807, 2.05) is 0 Å². The molecular formula is C17H20ClN. The highest BCUT2D eigenvalue weighted by Crippen LogP contribution is 2.25. The van der Waals surface area contributed by atoms with Crippen LogP contribution in [0, 0.1) is 5.92 Å². The van der Waals surface area contributed by atoms with E-state index < -0.39 is 0 Å². The van der Waals surface area contributed by atoms with Gasteiger partial charge in [-0.15, -0.1) is 11.6 Å². The van der Waals surface area contributed by atoms with Crippen molar-refractivity contribution in [2.45, 2.75) is 25.3 Å². The van der Waals surface area contributed by atoms with Gasteiger partial charge in [-0.3, -0.25) is 4.90 Å². The number of hydrogen-bond donors (Lipinski definition) is 0. The molecule has 1 heterocycles. The van der Waals surface area contributed by atoms with Gasteiger partial charge in [0.15, 0.2) is 0 Å². The molecule has 3 rings (SSSR count). The number of piperidine rings is 1. The summed E-state index contributed by atoms with van der Waals surface area (Å²) in [5.74, 6) is 0.644. The van der Waals surface area contributed by atoms with E-state index >= 15 is 0 Å². The summed E-state index contributed by atoms with van der Waals surface area (Å²) < 4.78 is 0. The highest BCUT2D eigenvalue weighted by atomic mass is 35.5. The molecule has 0 saturated carbocycles. The van der Waals surface area contributed by atoms with E-state index in [0.29, 0.717) is 11.3 Å². The van der Waals surface area contributed by atoms with Crippen molar-refractivity contribution < 1.29 is 0 Å².